The predicted molar refractivity (Wildman–Crippen MR) is 128 cm³/mol. The van der Waals surface area contributed by atoms with Crippen LogP contribution in [0.2, 0.25) is 15.1 Å². The summed E-state index contributed by atoms with van der Waals surface area (Å²) in [7, 11) is 0. The molecule has 1 aliphatic carbocycles. The summed E-state index contributed by atoms with van der Waals surface area (Å²) < 4.78 is 0. The second-order valence-corrected chi connectivity index (χ2v) is 10.4. The highest BCUT2D eigenvalue weighted by Crippen LogP contribution is 2.68. The fourth-order valence-electron chi connectivity index (χ4n) is 4.32. The number of anilines is 1. The molecule has 0 atom stereocenters. The molecule has 1 heterocycles. The van der Waals surface area contributed by atoms with Gasteiger partial charge >= 0.3 is 0 Å². The third-order valence-electron chi connectivity index (χ3n) is 6.84. The minimum absolute atomic E-state index is 0.0979. The van der Waals surface area contributed by atoms with E-state index in [1.807, 2.05) is 47.4 Å². The summed E-state index contributed by atoms with van der Waals surface area (Å²) in [6.45, 7) is 11.9. The van der Waals surface area contributed by atoms with E-state index in [1.54, 1.807) is 6.07 Å². The fourth-order valence-corrected chi connectivity index (χ4v) is 4.99. The van der Waals surface area contributed by atoms with E-state index in [9.17, 15) is 4.79 Å². The summed E-state index contributed by atoms with van der Waals surface area (Å²) >= 11 is 17.8. The molecule has 162 valence electrons. The Bertz CT molecular complexity index is 877. The lowest BCUT2D eigenvalue weighted by Gasteiger charge is -2.37. The van der Waals surface area contributed by atoms with Gasteiger partial charge in [0.25, 0.3) is 0 Å². The average molecular weight is 468 g/mol. The van der Waals surface area contributed by atoms with E-state index in [0.717, 1.165) is 36.9 Å². The van der Waals surface area contributed by atoms with Gasteiger partial charge in [0, 0.05) is 42.1 Å². The Hall–Kier alpha value is -1.42. The number of carbonyl (C=O) groups excluding carboxylic acids is 1. The number of nitrogens with zero attached hydrogens (tertiary/aromatic N) is 2. The van der Waals surface area contributed by atoms with Crippen LogP contribution in [0, 0.1) is 16.7 Å². The van der Waals surface area contributed by atoms with Crippen LogP contribution in [0.3, 0.4) is 0 Å². The first kappa shape index (κ1) is 23.2. The molecule has 0 radical (unpaired) electrons. The van der Waals surface area contributed by atoms with Crippen molar-refractivity contribution >= 4 is 46.4 Å². The average Bonchev–Trinajstić information content (AvgIpc) is 3.11. The maximum absolute atomic E-state index is 12.8. The number of amides is 1. The molecule has 1 saturated heterocycles. The first-order chi connectivity index (χ1) is 14.1. The number of hydrogen-bond donors (Lipinski definition) is 0. The lowest BCUT2D eigenvalue weighted by molar-refractivity contribution is -0.134. The van der Waals surface area contributed by atoms with Crippen molar-refractivity contribution in [3.8, 4) is 0 Å². The molecular formula is C24H29Cl3N2O. The van der Waals surface area contributed by atoms with Crippen LogP contribution in [0.25, 0.3) is 0 Å². The van der Waals surface area contributed by atoms with E-state index in [2.05, 4.69) is 32.6 Å². The standard InChI is InChI=1S/C18H24Cl2N2O.C6H5Cl/c1-17(2)15(18(17,3)4)16(23)22-9-7-21(8-10-22)14-6-5-12(19)11-13(14)20;7-6-4-2-1-3-5-6/h5-6,11,15H,7-10H2,1-4H3;1-5H. The zero-order valence-corrected chi connectivity index (χ0v) is 20.2. The van der Waals surface area contributed by atoms with Gasteiger partial charge < -0.3 is 9.80 Å². The third-order valence-corrected chi connectivity index (χ3v) is 7.63. The van der Waals surface area contributed by atoms with Crippen LogP contribution in [0.1, 0.15) is 27.7 Å². The molecule has 0 N–H and O–H groups in total. The number of benzene rings is 2. The topological polar surface area (TPSA) is 23.6 Å². The molecular weight excluding hydrogens is 439 g/mol. The quantitative estimate of drug-likeness (QED) is 0.493. The normalized spacial score (nSPS) is 19.7. The van der Waals surface area contributed by atoms with Crippen LogP contribution in [0.4, 0.5) is 5.69 Å². The number of rotatable bonds is 2. The molecule has 2 aromatic rings. The van der Waals surface area contributed by atoms with Crippen molar-refractivity contribution in [3.05, 3.63) is 63.6 Å². The fraction of sp³-hybridized carbons (Fsp3) is 0.458. The van der Waals surface area contributed by atoms with Crippen molar-refractivity contribution < 1.29 is 4.79 Å². The second-order valence-electron chi connectivity index (χ2n) is 9.08. The van der Waals surface area contributed by atoms with E-state index >= 15 is 0 Å². The Labute approximate surface area is 194 Å². The molecule has 0 spiro atoms. The number of halogens is 3. The smallest absolute Gasteiger partial charge is 0.226 e. The van der Waals surface area contributed by atoms with Crippen LogP contribution in [-0.2, 0) is 4.79 Å². The lowest BCUT2D eigenvalue weighted by atomic mass is 10.0. The van der Waals surface area contributed by atoms with Gasteiger partial charge in [0.15, 0.2) is 0 Å². The Morgan fingerprint density at radius 3 is 1.83 bits per heavy atom. The van der Waals surface area contributed by atoms with Gasteiger partial charge in [-0.1, -0.05) is 80.7 Å². The first-order valence-corrected chi connectivity index (χ1v) is 11.4. The van der Waals surface area contributed by atoms with Crippen molar-refractivity contribution in [2.45, 2.75) is 27.7 Å². The van der Waals surface area contributed by atoms with Crippen molar-refractivity contribution in [3.63, 3.8) is 0 Å². The minimum atomic E-state index is 0.0979. The van der Waals surface area contributed by atoms with Gasteiger partial charge in [0.2, 0.25) is 5.91 Å². The molecule has 1 amide bonds. The number of piperazine rings is 1. The zero-order chi connectivity index (χ0) is 22.1. The minimum Gasteiger partial charge on any atom is -0.367 e. The second kappa shape index (κ2) is 8.98. The Morgan fingerprint density at radius 1 is 0.833 bits per heavy atom. The lowest BCUT2D eigenvalue weighted by Crippen LogP contribution is -2.49. The van der Waals surface area contributed by atoms with Crippen LogP contribution >= 0.6 is 34.8 Å². The molecule has 0 bridgehead atoms. The van der Waals surface area contributed by atoms with Gasteiger partial charge in [0.1, 0.15) is 0 Å². The monoisotopic (exact) mass is 466 g/mol. The summed E-state index contributed by atoms with van der Waals surface area (Å²) in [6, 6.07) is 15.0. The van der Waals surface area contributed by atoms with Crippen LogP contribution < -0.4 is 4.90 Å². The molecule has 6 heteroatoms. The molecule has 4 rings (SSSR count). The number of carbonyl (C=O) groups is 1. The van der Waals surface area contributed by atoms with Crippen LogP contribution in [-0.4, -0.2) is 37.0 Å². The predicted octanol–water partition coefficient (Wildman–Crippen LogP) is 6.66. The Balaban J connectivity index is 0.000000310. The molecule has 2 aliphatic rings. The van der Waals surface area contributed by atoms with E-state index in [1.165, 1.54) is 0 Å². The number of hydrogen-bond acceptors (Lipinski definition) is 2. The van der Waals surface area contributed by atoms with Gasteiger partial charge in [-0.05, 0) is 41.2 Å². The van der Waals surface area contributed by atoms with E-state index in [0.29, 0.717) is 16.0 Å². The van der Waals surface area contributed by atoms with Crippen molar-refractivity contribution in [2.24, 2.45) is 16.7 Å². The first-order valence-electron chi connectivity index (χ1n) is 10.2. The van der Waals surface area contributed by atoms with Gasteiger partial charge in [-0.25, -0.2) is 0 Å². The summed E-state index contributed by atoms with van der Waals surface area (Å²) in [4.78, 5) is 17.1. The highest BCUT2D eigenvalue weighted by atomic mass is 35.5. The van der Waals surface area contributed by atoms with Crippen LogP contribution in [0.5, 0.6) is 0 Å². The molecule has 2 aromatic carbocycles. The third kappa shape index (κ3) is 4.74. The van der Waals surface area contributed by atoms with Gasteiger partial charge in [-0.3, -0.25) is 4.79 Å². The van der Waals surface area contributed by atoms with Crippen LogP contribution in [0.15, 0.2) is 48.5 Å². The maximum Gasteiger partial charge on any atom is 0.226 e. The van der Waals surface area contributed by atoms with Gasteiger partial charge in [-0.15, -0.1) is 0 Å². The summed E-state index contributed by atoms with van der Waals surface area (Å²) in [6.07, 6.45) is 0. The molecule has 2 fully saturated rings. The molecule has 0 unspecified atom stereocenters. The zero-order valence-electron chi connectivity index (χ0n) is 18.0. The largest absolute Gasteiger partial charge is 0.367 e. The van der Waals surface area contributed by atoms with E-state index < -0.39 is 0 Å². The summed E-state index contributed by atoms with van der Waals surface area (Å²) in [5, 5.41) is 2.11. The van der Waals surface area contributed by atoms with Gasteiger partial charge in [0.05, 0.1) is 10.7 Å². The van der Waals surface area contributed by atoms with E-state index in [-0.39, 0.29) is 16.7 Å². The van der Waals surface area contributed by atoms with E-state index in [4.69, 9.17) is 34.8 Å². The molecule has 30 heavy (non-hydrogen) atoms. The SMILES string of the molecule is CC1(C)C(C(=O)N2CCN(c3ccc(Cl)cc3Cl)CC2)C1(C)C.Clc1ccccc1. The molecule has 1 saturated carbocycles. The summed E-state index contributed by atoms with van der Waals surface area (Å²) in [5.41, 5.74) is 1.19. The van der Waals surface area contributed by atoms with Crippen molar-refractivity contribution in [1.82, 2.24) is 4.90 Å². The molecule has 0 aromatic heterocycles. The molecule has 3 nitrogen and oxygen atoms in total. The highest BCUT2D eigenvalue weighted by molar-refractivity contribution is 6.36. The van der Waals surface area contributed by atoms with Crippen molar-refractivity contribution in [2.75, 3.05) is 31.1 Å². The molecule has 1 aliphatic heterocycles. The van der Waals surface area contributed by atoms with Gasteiger partial charge in [-0.2, -0.15) is 0 Å². The summed E-state index contributed by atoms with van der Waals surface area (Å²) in [5.74, 6) is 0.447. The highest BCUT2D eigenvalue weighted by Gasteiger charge is 2.68. The maximum atomic E-state index is 12.8. The Kier molecular flexibility index (Phi) is 6.96. The van der Waals surface area contributed by atoms with Crippen molar-refractivity contribution in [1.29, 1.82) is 0 Å². The Morgan fingerprint density at radius 2 is 1.40 bits per heavy atom.